The number of pyridine rings is 1. The zero-order valence-corrected chi connectivity index (χ0v) is 18.3. The van der Waals surface area contributed by atoms with Gasteiger partial charge in [-0.15, -0.1) is 0 Å². The van der Waals surface area contributed by atoms with Crippen LogP contribution in [0.15, 0.2) is 54.9 Å². The standard InChI is InChI=1S/C25H25N7O/c26-14-21-13-22-23(27)29-25(33-17-18-6-8-28-9-7-18)30-24(22)32(21)16-20-5-3-4-19(12-20)15-31-10-1-2-11-31/h3-9,12-13H,1-2,10-11,15-17H2,(H2,27,29,30). The summed E-state index contributed by atoms with van der Waals surface area (Å²) < 4.78 is 7.67. The fourth-order valence-corrected chi connectivity index (χ4v) is 4.28. The monoisotopic (exact) mass is 439 g/mol. The zero-order valence-electron chi connectivity index (χ0n) is 18.3. The number of anilines is 1. The number of ether oxygens (including phenoxy) is 1. The van der Waals surface area contributed by atoms with Gasteiger partial charge in [-0.25, -0.2) is 0 Å². The second kappa shape index (κ2) is 9.27. The van der Waals surface area contributed by atoms with E-state index in [2.05, 4.69) is 50.2 Å². The SMILES string of the molecule is N#Cc1cc2c(N)nc(OCc3ccncc3)nc2n1Cc1cccc(CN2CCCC2)c1. The number of nitriles is 1. The quantitative estimate of drug-likeness (QED) is 0.470. The number of nitrogens with zero attached hydrogens (tertiary/aromatic N) is 6. The Labute approximate surface area is 192 Å². The third-order valence-corrected chi connectivity index (χ3v) is 5.93. The van der Waals surface area contributed by atoms with E-state index in [0.29, 0.717) is 35.7 Å². The Kier molecular flexibility index (Phi) is 5.87. The maximum absolute atomic E-state index is 9.75. The fourth-order valence-electron chi connectivity index (χ4n) is 4.28. The smallest absolute Gasteiger partial charge is 0.320 e. The van der Waals surface area contributed by atoms with E-state index < -0.39 is 0 Å². The van der Waals surface area contributed by atoms with E-state index in [1.807, 2.05) is 16.7 Å². The van der Waals surface area contributed by atoms with Crippen molar-refractivity contribution in [3.05, 3.63) is 77.2 Å². The Morgan fingerprint density at radius 2 is 1.73 bits per heavy atom. The molecule has 8 nitrogen and oxygen atoms in total. The lowest BCUT2D eigenvalue weighted by molar-refractivity contribution is 0.282. The van der Waals surface area contributed by atoms with Crippen molar-refractivity contribution in [2.24, 2.45) is 0 Å². The summed E-state index contributed by atoms with van der Waals surface area (Å²) in [5.74, 6) is 0.294. The summed E-state index contributed by atoms with van der Waals surface area (Å²) in [5.41, 5.74) is 10.6. The van der Waals surface area contributed by atoms with Crippen molar-refractivity contribution in [2.75, 3.05) is 18.8 Å². The molecule has 0 unspecified atom stereocenters. The van der Waals surface area contributed by atoms with Crippen LogP contribution in [-0.2, 0) is 19.7 Å². The maximum atomic E-state index is 9.75. The highest BCUT2D eigenvalue weighted by Gasteiger charge is 2.17. The minimum absolute atomic E-state index is 0.184. The highest BCUT2D eigenvalue weighted by Crippen LogP contribution is 2.26. The summed E-state index contributed by atoms with van der Waals surface area (Å²) in [7, 11) is 0. The number of rotatable bonds is 7. The van der Waals surface area contributed by atoms with E-state index in [1.54, 1.807) is 18.5 Å². The van der Waals surface area contributed by atoms with Crippen LogP contribution in [0.4, 0.5) is 5.82 Å². The van der Waals surface area contributed by atoms with Gasteiger partial charge < -0.3 is 15.0 Å². The molecule has 2 N–H and O–H groups in total. The first-order valence-corrected chi connectivity index (χ1v) is 11.1. The van der Waals surface area contributed by atoms with Gasteiger partial charge in [0.25, 0.3) is 0 Å². The van der Waals surface area contributed by atoms with E-state index in [1.165, 1.54) is 18.4 Å². The van der Waals surface area contributed by atoms with Gasteiger partial charge in [0.2, 0.25) is 0 Å². The molecular weight excluding hydrogens is 414 g/mol. The average Bonchev–Trinajstić information content (AvgIpc) is 3.47. The minimum atomic E-state index is 0.184. The van der Waals surface area contributed by atoms with Crippen LogP contribution < -0.4 is 10.5 Å². The largest absolute Gasteiger partial charge is 0.458 e. The number of benzene rings is 1. The predicted octanol–water partition coefficient (Wildman–Crippen LogP) is 3.50. The van der Waals surface area contributed by atoms with Crippen molar-refractivity contribution in [3.63, 3.8) is 0 Å². The van der Waals surface area contributed by atoms with Crippen molar-refractivity contribution in [1.29, 1.82) is 5.26 Å². The molecule has 0 saturated carbocycles. The van der Waals surface area contributed by atoms with Crippen LogP contribution in [0.3, 0.4) is 0 Å². The molecular formula is C25H25N7O. The molecule has 1 aliphatic rings. The van der Waals surface area contributed by atoms with Gasteiger partial charge in [0.05, 0.1) is 11.9 Å². The molecule has 0 radical (unpaired) electrons. The van der Waals surface area contributed by atoms with Crippen LogP contribution in [0.25, 0.3) is 11.0 Å². The number of hydrogen-bond donors (Lipinski definition) is 1. The van der Waals surface area contributed by atoms with Gasteiger partial charge in [0, 0.05) is 18.9 Å². The molecule has 3 aromatic heterocycles. The normalized spacial score (nSPS) is 13.9. The molecule has 4 heterocycles. The molecule has 1 aromatic carbocycles. The Balaban J connectivity index is 1.43. The van der Waals surface area contributed by atoms with Gasteiger partial charge >= 0.3 is 6.01 Å². The lowest BCUT2D eigenvalue weighted by atomic mass is 10.1. The van der Waals surface area contributed by atoms with Gasteiger partial charge in [-0.1, -0.05) is 24.3 Å². The van der Waals surface area contributed by atoms with Crippen LogP contribution in [-0.4, -0.2) is 37.5 Å². The molecule has 1 aliphatic heterocycles. The summed E-state index contributed by atoms with van der Waals surface area (Å²) >= 11 is 0. The number of fused-ring (bicyclic) bond motifs is 1. The molecule has 1 saturated heterocycles. The van der Waals surface area contributed by atoms with E-state index in [-0.39, 0.29) is 6.01 Å². The zero-order chi connectivity index (χ0) is 22.6. The van der Waals surface area contributed by atoms with Crippen molar-refractivity contribution in [1.82, 2.24) is 24.4 Å². The molecule has 5 rings (SSSR count). The lowest BCUT2D eigenvalue weighted by Gasteiger charge is -2.15. The second-order valence-electron chi connectivity index (χ2n) is 8.30. The first-order chi connectivity index (χ1) is 16.2. The van der Waals surface area contributed by atoms with E-state index in [4.69, 9.17) is 10.5 Å². The summed E-state index contributed by atoms with van der Waals surface area (Å²) in [5, 5.41) is 10.4. The number of aromatic nitrogens is 4. The van der Waals surface area contributed by atoms with Crippen molar-refractivity contribution in [3.8, 4) is 12.1 Å². The third-order valence-electron chi connectivity index (χ3n) is 5.93. The Hall–Kier alpha value is -3.96. The van der Waals surface area contributed by atoms with Gasteiger partial charge in [-0.3, -0.25) is 9.88 Å². The van der Waals surface area contributed by atoms with Gasteiger partial charge in [-0.2, -0.15) is 15.2 Å². The fraction of sp³-hybridized carbons (Fsp3) is 0.280. The number of hydrogen-bond acceptors (Lipinski definition) is 7. The molecule has 4 aromatic rings. The molecule has 0 aliphatic carbocycles. The first kappa shape index (κ1) is 20.9. The summed E-state index contributed by atoms with van der Waals surface area (Å²) in [4.78, 5) is 15.4. The first-order valence-electron chi connectivity index (χ1n) is 11.1. The molecule has 0 atom stereocenters. The number of nitrogens with two attached hydrogens (primary N) is 1. The molecule has 0 amide bonds. The summed E-state index contributed by atoms with van der Waals surface area (Å²) in [6.07, 6.45) is 5.96. The van der Waals surface area contributed by atoms with Crippen LogP contribution in [0.1, 0.15) is 35.2 Å². The van der Waals surface area contributed by atoms with Crippen molar-refractivity contribution in [2.45, 2.75) is 32.5 Å². The highest BCUT2D eigenvalue weighted by molar-refractivity contribution is 5.88. The molecule has 33 heavy (non-hydrogen) atoms. The maximum Gasteiger partial charge on any atom is 0.320 e. The minimum Gasteiger partial charge on any atom is -0.458 e. The molecule has 0 bridgehead atoms. The number of nitrogen functional groups attached to an aromatic ring is 1. The van der Waals surface area contributed by atoms with Crippen LogP contribution in [0.2, 0.25) is 0 Å². The van der Waals surface area contributed by atoms with Gasteiger partial charge in [0.15, 0.2) is 5.65 Å². The summed E-state index contributed by atoms with van der Waals surface area (Å²) in [6, 6.07) is 16.4. The van der Waals surface area contributed by atoms with Crippen LogP contribution >= 0.6 is 0 Å². The van der Waals surface area contributed by atoms with Crippen molar-refractivity contribution < 1.29 is 4.74 Å². The van der Waals surface area contributed by atoms with E-state index in [0.717, 1.165) is 30.8 Å². The Morgan fingerprint density at radius 3 is 2.48 bits per heavy atom. The predicted molar refractivity (Wildman–Crippen MR) is 125 cm³/mol. The van der Waals surface area contributed by atoms with Gasteiger partial charge in [0.1, 0.15) is 24.2 Å². The molecule has 166 valence electrons. The number of likely N-dealkylation sites (tertiary alicyclic amines) is 1. The lowest BCUT2D eigenvalue weighted by Crippen LogP contribution is -2.18. The van der Waals surface area contributed by atoms with Crippen LogP contribution in [0.5, 0.6) is 6.01 Å². The van der Waals surface area contributed by atoms with Gasteiger partial charge in [-0.05, 0) is 60.8 Å². The van der Waals surface area contributed by atoms with E-state index in [9.17, 15) is 5.26 Å². The van der Waals surface area contributed by atoms with E-state index >= 15 is 0 Å². The topological polar surface area (TPSA) is 106 Å². The van der Waals surface area contributed by atoms with Crippen molar-refractivity contribution >= 4 is 16.9 Å². The molecule has 1 fully saturated rings. The third kappa shape index (κ3) is 4.64. The Bertz CT molecular complexity index is 1300. The molecule has 8 heteroatoms. The average molecular weight is 440 g/mol. The Morgan fingerprint density at radius 1 is 0.970 bits per heavy atom. The van der Waals surface area contributed by atoms with Crippen LogP contribution in [0, 0.1) is 11.3 Å². The summed E-state index contributed by atoms with van der Waals surface area (Å²) in [6.45, 7) is 4.08. The molecule has 0 spiro atoms. The second-order valence-corrected chi connectivity index (χ2v) is 8.30. The highest BCUT2D eigenvalue weighted by atomic mass is 16.5.